The molecule has 0 amide bonds. The maximum Gasteiger partial charge on any atom is 0.351 e. The number of nitrogens with zero attached hydrogens (tertiary/aromatic N) is 2. The van der Waals surface area contributed by atoms with Gasteiger partial charge in [0, 0.05) is 11.1 Å². The molecule has 0 unspecified atom stereocenters. The smallest absolute Gasteiger partial charge is 0.351 e. The summed E-state index contributed by atoms with van der Waals surface area (Å²) in [6.07, 6.45) is 0. The number of fused-ring (bicyclic) bond motifs is 1. The second kappa shape index (κ2) is 5.49. The van der Waals surface area contributed by atoms with E-state index in [9.17, 15) is 0 Å². The number of nitrogens with two attached hydrogens (primary N) is 1. The van der Waals surface area contributed by atoms with Gasteiger partial charge in [-0.25, -0.2) is 5.10 Å². The lowest BCUT2D eigenvalue weighted by molar-refractivity contribution is -0.566. The fourth-order valence-electron chi connectivity index (χ4n) is 2.86. The van der Waals surface area contributed by atoms with Crippen molar-refractivity contribution in [2.75, 3.05) is 5.73 Å². The summed E-state index contributed by atoms with van der Waals surface area (Å²) >= 11 is 0. The Morgan fingerprint density at radius 3 is 2.04 bits per heavy atom. The molecule has 24 heavy (non-hydrogen) atoms. The van der Waals surface area contributed by atoms with Crippen LogP contribution >= 0.6 is 0 Å². The highest BCUT2D eigenvalue weighted by Crippen LogP contribution is 2.22. The zero-order valence-corrected chi connectivity index (χ0v) is 13.7. The lowest BCUT2D eigenvalue weighted by Crippen LogP contribution is -2.28. The molecule has 2 aromatic carbocycles. The number of nitrogens with one attached hydrogen (secondary N) is 1. The van der Waals surface area contributed by atoms with Gasteiger partial charge in [0.15, 0.2) is 5.69 Å². The van der Waals surface area contributed by atoms with E-state index in [-0.39, 0.29) is 0 Å². The third kappa shape index (κ3) is 2.52. The van der Waals surface area contributed by atoms with Crippen molar-refractivity contribution in [2.45, 2.75) is 13.8 Å². The predicted molar refractivity (Wildman–Crippen MR) is 96.5 cm³/mol. The highest BCUT2D eigenvalue weighted by atomic mass is 15.3. The number of H-pyrrole nitrogens is 1. The number of anilines is 1. The van der Waals surface area contributed by atoms with Crippen molar-refractivity contribution < 1.29 is 4.52 Å². The van der Waals surface area contributed by atoms with Crippen molar-refractivity contribution in [3.05, 3.63) is 71.8 Å². The van der Waals surface area contributed by atoms with E-state index in [2.05, 4.69) is 72.5 Å². The Hall–Kier alpha value is -3.14. The van der Waals surface area contributed by atoms with Gasteiger partial charge in [0.05, 0.1) is 17.8 Å². The molecule has 0 aliphatic rings. The quantitative estimate of drug-likeness (QED) is 0.554. The molecule has 2 aromatic heterocycles. The Kier molecular flexibility index (Phi) is 3.31. The molecule has 0 aliphatic heterocycles. The van der Waals surface area contributed by atoms with Crippen molar-refractivity contribution in [3.8, 4) is 22.5 Å². The van der Waals surface area contributed by atoms with Gasteiger partial charge in [0.2, 0.25) is 5.82 Å². The average Bonchev–Trinajstić information content (AvgIpc) is 2.99. The van der Waals surface area contributed by atoms with Crippen LogP contribution in [0.15, 0.2) is 60.7 Å². The van der Waals surface area contributed by atoms with Crippen LogP contribution in [0.1, 0.15) is 11.1 Å². The summed E-state index contributed by atoms with van der Waals surface area (Å²) < 4.78 is 1.98. The monoisotopic (exact) mass is 315 g/mol. The average molecular weight is 315 g/mol. The molecule has 4 nitrogen and oxygen atoms in total. The molecular formula is C20H19N4+. The maximum absolute atomic E-state index is 6.02. The SMILES string of the molecule is Cc1ccc(-c2cc3nc(N)cc(-c4ccc(C)cc4)[n+]3[nH]2)cc1. The summed E-state index contributed by atoms with van der Waals surface area (Å²) in [5.41, 5.74) is 13.5. The number of nitrogen functional groups attached to an aromatic ring is 1. The fourth-order valence-corrected chi connectivity index (χ4v) is 2.86. The predicted octanol–water partition coefficient (Wildman–Crippen LogP) is 3.68. The molecule has 3 N–H and O–H groups in total. The number of benzene rings is 2. The van der Waals surface area contributed by atoms with E-state index in [0.29, 0.717) is 5.82 Å². The van der Waals surface area contributed by atoms with Gasteiger partial charge >= 0.3 is 5.65 Å². The second-order valence-electron chi connectivity index (χ2n) is 6.16. The summed E-state index contributed by atoms with van der Waals surface area (Å²) in [6.45, 7) is 4.17. The Morgan fingerprint density at radius 1 is 0.833 bits per heavy atom. The van der Waals surface area contributed by atoms with Gasteiger partial charge in [-0.15, -0.1) is 4.52 Å². The van der Waals surface area contributed by atoms with E-state index in [0.717, 1.165) is 28.2 Å². The van der Waals surface area contributed by atoms with Crippen LogP contribution in [0.4, 0.5) is 5.82 Å². The van der Waals surface area contributed by atoms with Crippen molar-refractivity contribution in [1.82, 2.24) is 10.1 Å². The third-order valence-corrected chi connectivity index (χ3v) is 4.21. The molecular weight excluding hydrogens is 296 g/mol. The van der Waals surface area contributed by atoms with Crippen molar-refractivity contribution >= 4 is 11.5 Å². The van der Waals surface area contributed by atoms with Crippen LogP contribution < -0.4 is 10.2 Å². The van der Waals surface area contributed by atoms with Crippen molar-refractivity contribution in [3.63, 3.8) is 0 Å². The number of hydrogen-bond acceptors (Lipinski definition) is 2. The van der Waals surface area contributed by atoms with Crippen LogP contribution in [0.2, 0.25) is 0 Å². The molecule has 0 fully saturated rings. The topological polar surface area (TPSA) is 58.8 Å². The van der Waals surface area contributed by atoms with E-state index >= 15 is 0 Å². The summed E-state index contributed by atoms with van der Waals surface area (Å²) in [7, 11) is 0. The number of aromatic nitrogens is 3. The molecule has 0 saturated heterocycles. The molecule has 0 radical (unpaired) electrons. The molecule has 0 bridgehead atoms. The first-order chi connectivity index (χ1) is 11.6. The lowest BCUT2D eigenvalue weighted by atomic mass is 10.1. The Bertz CT molecular complexity index is 1010. The minimum Gasteiger partial charge on any atom is -0.363 e. The largest absolute Gasteiger partial charge is 0.363 e. The fraction of sp³-hybridized carbons (Fsp3) is 0.100. The van der Waals surface area contributed by atoms with Gasteiger partial charge in [-0.05, 0) is 18.8 Å². The van der Waals surface area contributed by atoms with Crippen LogP contribution in [0.3, 0.4) is 0 Å². The van der Waals surface area contributed by atoms with Gasteiger partial charge in [-0.1, -0.05) is 59.7 Å². The summed E-state index contributed by atoms with van der Waals surface area (Å²) in [5, 5.41) is 3.44. The minimum absolute atomic E-state index is 0.514. The highest BCUT2D eigenvalue weighted by Gasteiger charge is 2.18. The van der Waals surface area contributed by atoms with E-state index in [1.165, 1.54) is 11.1 Å². The molecule has 0 spiro atoms. The molecule has 0 saturated carbocycles. The Balaban J connectivity index is 1.91. The molecule has 4 heteroatoms. The summed E-state index contributed by atoms with van der Waals surface area (Å²) in [4.78, 5) is 4.45. The van der Waals surface area contributed by atoms with Crippen molar-refractivity contribution in [1.29, 1.82) is 0 Å². The van der Waals surface area contributed by atoms with Crippen LogP contribution in [0.25, 0.3) is 28.2 Å². The molecule has 4 rings (SSSR count). The summed E-state index contributed by atoms with van der Waals surface area (Å²) in [5.74, 6) is 0.514. The van der Waals surface area contributed by atoms with E-state index in [4.69, 9.17) is 5.73 Å². The normalized spacial score (nSPS) is 11.1. The van der Waals surface area contributed by atoms with Crippen molar-refractivity contribution in [2.24, 2.45) is 0 Å². The number of aromatic amines is 1. The highest BCUT2D eigenvalue weighted by molar-refractivity contribution is 5.65. The summed E-state index contributed by atoms with van der Waals surface area (Å²) in [6, 6.07) is 20.7. The van der Waals surface area contributed by atoms with Crippen LogP contribution in [0, 0.1) is 13.8 Å². The molecule has 118 valence electrons. The molecule has 0 aliphatic carbocycles. The molecule has 4 aromatic rings. The van der Waals surface area contributed by atoms with Gasteiger partial charge in [-0.3, -0.25) is 0 Å². The number of rotatable bonds is 2. The first-order valence-electron chi connectivity index (χ1n) is 7.95. The van der Waals surface area contributed by atoms with Crippen LogP contribution in [0.5, 0.6) is 0 Å². The van der Waals surface area contributed by atoms with Gasteiger partial charge < -0.3 is 5.73 Å². The van der Waals surface area contributed by atoms with Crippen LogP contribution in [-0.4, -0.2) is 10.1 Å². The van der Waals surface area contributed by atoms with E-state index < -0.39 is 0 Å². The Labute approximate surface area is 140 Å². The minimum atomic E-state index is 0.514. The first-order valence-corrected chi connectivity index (χ1v) is 7.95. The molecule has 2 heterocycles. The second-order valence-corrected chi connectivity index (χ2v) is 6.16. The number of aryl methyl sites for hydroxylation is 2. The maximum atomic E-state index is 6.02. The zero-order chi connectivity index (χ0) is 16.7. The van der Waals surface area contributed by atoms with Crippen LogP contribution in [-0.2, 0) is 0 Å². The standard InChI is InChI=1S/C20H18N4/c1-13-3-7-15(8-4-13)17-11-20-22-19(21)12-18(24(20)23-17)16-9-5-14(2)6-10-16/h3-12H,1-2H3,(H2,21,22,23)/p+1. The van der Waals surface area contributed by atoms with E-state index in [1.807, 2.05) is 16.6 Å². The Morgan fingerprint density at radius 2 is 1.42 bits per heavy atom. The van der Waals surface area contributed by atoms with E-state index in [1.54, 1.807) is 0 Å². The van der Waals surface area contributed by atoms with Gasteiger partial charge in [0.1, 0.15) is 0 Å². The first kappa shape index (κ1) is 14.5. The van der Waals surface area contributed by atoms with Gasteiger partial charge in [-0.2, -0.15) is 0 Å². The molecule has 0 atom stereocenters. The lowest BCUT2D eigenvalue weighted by Gasteiger charge is -2.01. The van der Waals surface area contributed by atoms with Gasteiger partial charge in [0.25, 0.3) is 0 Å². The zero-order valence-electron chi connectivity index (χ0n) is 13.7. The third-order valence-electron chi connectivity index (χ3n) is 4.21. The number of hydrogen-bond donors (Lipinski definition) is 2.